The number of aromatic carboxylic acids is 1. The zero-order valence-electron chi connectivity index (χ0n) is 11.9. The number of carboxylic acid groups (broad SMARTS) is 1. The van der Waals surface area contributed by atoms with Gasteiger partial charge in [0.25, 0.3) is 0 Å². The molecule has 0 aromatic heterocycles. The van der Waals surface area contributed by atoms with Crippen molar-refractivity contribution >= 4 is 12.1 Å². The van der Waals surface area contributed by atoms with Crippen molar-refractivity contribution in [1.82, 2.24) is 5.32 Å². The number of carboxylic acids is 1. The molecule has 5 nitrogen and oxygen atoms in total. The molecule has 5 heteroatoms. The highest BCUT2D eigenvalue weighted by molar-refractivity contribution is 5.87. The van der Waals surface area contributed by atoms with Gasteiger partial charge < -0.3 is 15.2 Å². The van der Waals surface area contributed by atoms with Crippen molar-refractivity contribution in [2.45, 2.75) is 44.8 Å². The Kier molecular flexibility index (Phi) is 3.46. The first-order chi connectivity index (χ1) is 9.22. The minimum atomic E-state index is -0.957. The normalized spacial score (nSPS) is 16.4. The number of hydrogen-bond donors (Lipinski definition) is 2. The van der Waals surface area contributed by atoms with Gasteiger partial charge in [-0.05, 0) is 51.3 Å². The third-order valence-corrected chi connectivity index (χ3v) is 3.17. The number of ether oxygens (including phenoxy) is 1. The fourth-order valence-electron chi connectivity index (χ4n) is 2.04. The van der Waals surface area contributed by atoms with Crippen LogP contribution < -0.4 is 5.32 Å². The van der Waals surface area contributed by atoms with Crippen LogP contribution in [-0.4, -0.2) is 22.8 Å². The number of hydrogen-bond acceptors (Lipinski definition) is 3. The molecule has 0 unspecified atom stereocenters. The van der Waals surface area contributed by atoms with Gasteiger partial charge in [0.2, 0.25) is 0 Å². The highest BCUT2D eigenvalue weighted by Gasteiger charge is 2.46. The lowest BCUT2D eigenvalue weighted by Gasteiger charge is -2.23. The molecule has 1 aromatic rings. The summed E-state index contributed by atoms with van der Waals surface area (Å²) in [7, 11) is 0. The molecule has 0 heterocycles. The molecule has 2 N–H and O–H groups in total. The first kappa shape index (κ1) is 14.4. The molecule has 0 spiro atoms. The van der Waals surface area contributed by atoms with Crippen molar-refractivity contribution in [3.8, 4) is 0 Å². The van der Waals surface area contributed by atoms with Crippen LogP contribution in [0.25, 0.3) is 0 Å². The monoisotopic (exact) mass is 277 g/mol. The topological polar surface area (TPSA) is 75.6 Å². The number of benzene rings is 1. The minimum absolute atomic E-state index is 0.238. The Bertz CT molecular complexity index is 524. The summed E-state index contributed by atoms with van der Waals surface area (Å²) >= 11 is 0. The summed E-state index contributed by atoms with van der Waals surface area (Å²) in [5.41, 5.74) is 0.211. The van der Waals surface area contributed by atoms with Gasteiger partial charge in [-0.1, -0.05) is 12.1 Å². The van der Waals surface area contributed by atoms with E-state index in [-0.39, 0.29) is 5.56 Å². The summed E-state index contributed by atoms with van der Waals surface area (Å²) in [6, 6.07) is 6.59. The molecule has 1 fully saturated rings. The number of carbonyl (C=O) groups excluding carboxylic acids is 1. The van der Waals surface area contributed by atoms with E-state index in [1.54, 1.807) is 24.3 Å². The van der Waals surface area contributed by atoms with Crippen molar-refractivity contribution in [2.75, 3.05) is 0 Å². The van der Waals surface area contributed by atoms with Crippen LogP contribution in [0, 0.1) is 0 Å². The molecular weight excluding hydrogens is 258 g/mol. The van der Waals surface area contributed by atoms with E-state index in [1.807, 2.05) is 20.8 Å². The fraction of sp³-hybridized carbons (Fsp3) is 0.467. The maximum Gasteiger partial charge on any atom is 0.408 e. The smallest absolute Gasteiger partial charge is 0.408 e. The van der Waals surface area contributed by atoms with Crippen molar-refractivity contribution < 1.29 is 19.4 Å². The standard InChI is InChI=1S/C15H19NO4/c1-14(2,3)20-13(19)16-15(8-9-15)11-6-4-10(5-7-11)12(17)18/h4-7H,8-9H2,1-3H3,(H,16,19)(H,17,18). The van der Waals surface area contributed by atoms with Gasteiger partial charge in [-0.25, -0.2) is 9.59 Å². The molecule has 1 saturated carbocycles. The van der Waals surface area contributed by atoms with E-state index in [0.29, 0.717) is 0 Å². The van der Waals surface area contributed by atoms with Crippen molar-refractivity contribution in [1.29, 1.82) is 0 Å². The Morgan fingerprint density at radius 3 is 2.15 bits per heavy atom. The molecule has 1 amide bonds. The zero-order valence-corrected chi connectivity index (χ0v) is 11.9. The fourth-order valence-corrected chi connectivity index (χ4v) is 2.04. The van der Waals surface area contributed by atoms with Crippen LogP contribution in [-0.2, 0) is 10.3 Å². The molecule has 1 aliphatic rings. The summed E-state index contributed by atoms with van der Waals surface area (Å²) in [6.07, 6.45) is 1.22. The predicted molar refractivity (Wildman–Crippen MR) is 73.7 cm³/mol. The second-order valence-corrected chi connectivity index (χ2v) is 6.09. The lowest BCUT2D eigenvalue weighted by Crippen LogP contribution is -2.39. The number of alkyl carbamates (subject to hydrolysis) is 1. The Labute approximate surface area is 117 Å². The summed E-state index contributed by atoms with van der Waals surface area (Å²) in [6.45, 7) is 5.44. The van der Waals surface area contributed by atoms with E-state index >= 15 is 0 Å². The van der Waals surface area contributed by atoms with Crippen LogP contribution in [0.4, 0.5) is 4.79 Å². The number of rotatable bonds is 3. The maximum atomic E-state index is 11.8. The van der Waals surface area contributed by atoms with Gasteiger partial charge in [-0.15, -0.1) is 0 Å². The molecule has 0 aliphatic heterocycles. The molecule has 108 valence electrons. The van der Waals surface area contributed by atoms with Gasteiger partial charge in [-0.3, -0.25) is 0 Å². The van der Waals surface area contributed by atoms with Gasteiger partial charge in [0.05, 0.1) is 11.1 Å². The van der Waals surface area contributed by atoms with Crippen LogP contribution >= 0.6 is 0 Å². The minimum Gasteiger partial charge on any atom is -0.478 e. The van der Waals surface area contributed by atoms with E-state index in [4.69, 9.17) is 9.84 Å². The third kappa shape index (κ3) is 3.29. The molecular formula is C15H19NO4. The molecule has 0 radical (unpaired) electrons. The SMILES string of the molecule is CC(C)(C)OC(=O)NC1(c2ccc(C(=O)O)cc2)CC1. The van der Waals surface area contributed by atoms with Crippen molar-refractivity contribution in [3.05, 3.63) is 35.4 Å². The second-order valence-electron chi connectivity index (χ2n) is 6.09. The summed E-state index contributed by atoms with van der Waals surface area (Å²) < 4.78 is 5.25. The molecule has 0 saturated heterocycles. The van der Waals surface area contributed by atoms with Crippen LogP contribution in [0.1, 0.15) is 49.5 Å². The number of nitrogens with one attached hydrogen (secondary N) is 1. The Balaban J connectivity index is 2.08. The van der Waals surface area contributed by atoms with Gasteiger partial charge >= 0.3 is 12.1 Å². The zero-order chi connectivity index (χ0) is 15.0. The molecule has 1 aliphatic carbocycles. The van der Waals surface area contributed by atoms with E-state index in [1.165, 1.54) is 0 Å². The van der Waals surface area contributed by atoms with Crippen LogP contribution in [0.5, 0.6) is 0 Å². The number of amides is 1. The molecule has 2 rings (SSSR count). The molecule has 1 aromatic carbocycles. The maximum absolute atomic E-state index is 11.8. The van der Waals surface area contributed by atoms with E-state index < -0.39 is 23.2 Å². The highest BCUT2D eigenvalue weighted by Crippen LogP contribution is 2.45. The largest absolute Gasteiger partial charge is 0.478 e. The van der Waals surface area contributed by atoms with E-state index in [0.717, 1.165) is 18.4 Å². The van der Waals surface area contributed by atoms with E-state index in [2.05, 4.69) is 5.32 Å². The van der Waals surface area contributed by atoms with Crippen LogP contribution in [0.15, 0.2) is 24.3 Å². The second kappa shape index (κ2) is 4.81. The quantitative estimate of drug-likeness (QED) is 0.890. The average Bonchev–Trinajstić information content (AvgIpc) is 3.07. The van der Waals surface area contributed by atoms with E-state index in [9.17, 15) is 9.59 Å². The van der Waals surface area contributed by atoms with Crippen LogP contribution in [0.2, 0.25) is 0 Å². The third-order valence-electron chi connectivity index (χ3n) is 3.17. The summed E-state index contributed by atoms with van der Waals surface area (Å²) in [4.78, 5) is 22.7. The summed E-state index contributed by atoms with van der Waals surface area (Å²) in [5.74, 6) is -0.957. The van der Waals surface area contributed by atoms with Gasteiger partial charge in [0.15, 0.2) is 0 Å². The van der Waals surface area contributed by atoms with Gasteiger partial charge in [-0.2, -0.15) is 0 Å². The molecule has 0 atom stereocenters. The number of carbonyl (C=O) groups is 2. The van der Waals surface area contributed by atoms with Crippen molar-refractivity contribution in [3.63, 3.8) is 0 Å². The first-order valence-electron chi connectivity index (χ1n) is 6.57. The predicted octanol–water partition coefficient (Wildman–Crippen LogP) is 2.90. The van der Waals surface area contributed by atoms with Gasteiger partial charge in [0, 0.05) is 0 Å². The Morgan fingerprint density at radius 2 is 1.75 bits per heavy atom. The average molecular weight is 277 g/mol. The van der Waals surface area contributed by atoms with Crippen LogP contribution in [0.3, 0.4) is 0 Å². The highest BCUT2D eigenvalue weighted by atomic mass is 16.6. The lowest BCUT2D eigenvalue weighted by molar-refractivity contribution is 0.0494. The van der Waals surface area contributed by atoms with Gasteiger partial charge in [0.1, 0.15) is 5.60 Å². The Morgan fingerprint density at radius 1 is 1.20 bits per heavy atom. The Hall–Kier alpha value is -2.04. The summed E-state index contributed by atoms with van der Waals surface area (Å²) in [5, 5.41) is 11.8. The molecule has 0 bridgehead atoms. The first-order valence-corrected chi connectivity index (χ1v) is 6.57. The lowest BCUT2D eigenvalue weighted by atomic mass is 10.0. The molecule has 20 heavy (non-hydrogen) atoms. The van der Waals surface area contributed by atoms with Crippen molar-refractivity contribution in [2.24, 2.45) is 0 Å².